The predicted octanol–water partition coefficient (Wildman–Crippen LogP) is 0.701. The highest BCUT2D eigenvalue weighted by molar-refractivity contribution is 5.79. The number of imidazole rings is 1. The van der Waals surface area contributed by atoms with Crippen LogP contribution in [-0.4, -0.2) is 24.6 Å². The standard InChI is InChI=1S/C18H21N5O3/c1-4-13(12-8-6-5-7-9-12)20-14(24)10-23-11-19-16-15(23)17(25)22(3)18(26)21(16)2/h5-9,11,13H,4,10H2,1-3H3,(H,20,24)/t13-/m0/s1. The van der Waals surface area contributed by atoms with Crippen LogP contribution in [0.25, 0.3) is 11.2 Å². The Kier molecular flexibility index (Phi) is 4.75. The summed E-state index contributed by atoms with van der Waals surface area (Å²) in [6, 6.07) is 9.61. The molecule has 1 N–H and O–H groups in total. The van der Waals surface area contributed by atoms with Crippen molar-refractivity contribution in [3.8, 4) is 0 Å². The van der Waals surface area contributed by atoms with Crippen LogP contribution >= 0.6 is 0 Å². The van der Waals surface area contributed by atoms with Crippen LogP contribution in [0.3, 0.4) is 0 Å². The first-order valence-electron chi connectivity index (χ1n) is 8.39. The largest absolute Gasteiger partial charge is 0.348 e. The molecule has 0 aliphatic heterocycles. The molecular weight excluding hydrogens is 334 g/mol. The molecule has 0 saturated heterocycles. The Balaban J connectivity index is 1.89. The number of carbonyl (C=O) groups excluding carboxylic acids is 1. The first-order chi connectivity index (χ1) is 12.4. The fourth-order valence-corrected chi connectivity index (χ4v) is 3.02. The highest BCUT2D eigenvalue weighted by atomic mass is 16.2. The summed E-state index contributed by atoms with van der Waals surface area (Å²) in [5.74, 6) is -0.226. The topological polar surface area (TPSA) is 90.9 Å². The zero-order valence-electron chi connectivity index (χ0n) is 15.0. The minimum absolute atomic E-state index is 0.0483. The van der Waals surface area contributed by atoms with Gasteiger partial charge in [0, 0.05) is 14.1 Å². The van der Waals surface area contributed by atoms with Crippen molar-refractivity contribution in [3.05, 3.63) is 63.1 Å². The van der Waals surface area contributed by atoms with Crippen LogP contribution < -0.4 is 16.6 Å². The number of benzene rings is 1. The van der Waals surface area contributed by atoms with Crippen molar-refractivity contribution in [1.82, 2.24) is 24.0 Å². The molecule has 0 spiro atoms. The number of hydrogen-bond acceptors (Lipinski definition) is 4. The van der Waals surface area contributed by atoms with Crippen LogP contribution in [0.1, 0.15) is 24.9 Å². The average molecular weight is 355 g/mol. The van der Waals surface area contributed by atoms with Crippen molar-refractivity contribution < 1.29 is 4.79 Å². The average Bonchev–Trinajstić information content (AvgIpc) is 3.07. The van der Waals surface area contributed by atoms with Gasteiger partial charge in [-0.1, -0.05) is 37.3 Å². The number of carbonyl (C=O) groups is 1. The van der Waals surface area contributed by atoms with Gasteiger partial charge in [0.1, 0.15) is 6.54 Å². The van der Waals surface area contributed by atoms with E-state index in [1.165, 1.54) is 22.5 Å². The highest BCUT2D eigenvalue weighted by Crippen LogP contribution is 2.16. The molecule has 0 aliphatic carbocycles. The Bertz CT molecular complexity index is 1060. The lowest BCUT2D eigenvalue weighted by atomic mass is 10.0. The third-order valence-corrected chi connectivity index (χ3v) is 4.48. The monoisotopic (exact) mass is 355 g/mol. The summed E-state index contributed by atoms with van der Waals surface area (Å²) >= 11 is 0. The zero-order chi connectivity index (χ0) is 18.8. The molecule has 8 nitrogen and oxygen atoms in total. The molecule has 2 aromatic heterocycles. The zero-order valence-corrected chi connectivity index (χ0v) is 15.0. The van der Waals surface area contributed by atoms with E-state index in [0.717, 1.165) is 16.6 Å². The number of amides is 1. The number of aryl methyl sites for hydroxylation is 1. The quantitative estimate of drug-likeness (QED) is 0.729. The minimum atomic E-state index is -0.469. The second kappa shape index (κ2) is 6.99. The first-order valence-corrected chi connectivity index (χ1v) is 8.39. The molecule has 0 unspecified atom stereocenters. The number of aromatic nitrogens is 4. The van der Waals surface area contributed by atoms with Gasteiger partial charge in [-0.2, -0.15) is 0 Å². The van der Waals surface area contributed by atoms with E-state index in [9.17, 15) is 14.4 Å². The second-order valence-corrected chi connectivity index (χ2v) is 6.19. The van der Waals surface area contributed by atoms with Gasteiger partial charge in [0.05, 0.1) is 12.4 Å². The molecule has 1 atom stereocenters. The molecule has 3 aromatic rings. The molecule has 2 heterocycles. The molecule has 136 valence electrons. The number of nitrogens with one attached hydrogen (secondary N) is 1. The third kappa shape index (κ3) is 3.05. The van der Waals surface area contributed by atoms with Crippen LogP contribution in [0.5, 0.6) is 0 Å². The first kappa shape index (κ1) is 17.7. The lowest BCUT2D eigenvalue weighted by molar-refractivity contribution is -0.122. The Morgan fingerprint density at radius 1 is 1.15 bits per heavy atom. The van der Waals surface area contributed by atoms with Crippen LogP contribution in [0.2, 0.25) is 0 Å². The van der Waals surface area contributed by atoms with E-state index < -0.39 is 11.2 Å². The molecule has 0 fully saturated rings. The Labute approximate surface area is 149 Å². The van der Waals surface area contributed by atoms with Crippen LogP contribution in [0.4, 0.5) is 0 Å². The normalized spacial score (nSPS) is 12.3. The van der Waals surface area contributed by atoms with Crippen molar-refractivity contribution in [2.75, 3.05) is 0 Å². The fraction of sp³-hybridized carbons (Fsp3) is 0.333. The van der Waals surface area contributed by atoms with Gasteiger partial charge in [0.2, 0.25) is 5.91 Å². The van der Waals surface area contributed by atoms with Crippen molar-refractivity contribution in [3.63, 3.8) is 0 Å². The van der Waals surface area contributed by atoms with Gasteiger partial charge in [-0.3, -0.25) is 18.7 Å². The molecule has 1 aromatic carbocycles. The number of hydrogen-bond donors (Lipinski definition) is 1. The molecule has 0 bridgehead atoms. The number of rotatable bonds is 5. The maximum atomic E-state index is 12.5. The van der Waals surface area contributed by atoms with Gasteiger partial charge in [-0.05, 0) is 12.0 Å². The minimum Gasteiger partial charge on any atom is -0.348 e. The van der Waals surface area contributed by atoms with E-state index >= 15 is 0 Å². The molecular formula is C18H21N5O3. The van der Waals surface area contributed by atoms with E-state index in [2.05, 4.69) is 10.3 Å². The summed E-state index contributed by atoms with van der Waals surface area (Å²) in [6.07, 6.45) is 2.16. The summed E-state index contributed by atoms with van der Waals surface area (Å²) in [4.78, 5) is 41.0. The summed E-state index contributed by atoms with van der Waals surface area (Å²) in [5.41, 5.74) is 0.603. The maximum Gasteiger partial charge on any atom is 0.332 e. The van der Waals surface area contributed by atoms with E-state index in [4.69, 9.17) is 0 Å². The van der Waals surface area contributed by atoms with Crippen molar-refractivity contribution in [1.29, 1.82) is 0 Å². The Morgan fingerprint density at radius 3 is 2.50 bits per heavy atom. The molecule has 0 radical (unpaired) electrons. The van der Waals surface area contributed by atoms with Crippen molar-refractivity contribution in [2.45, 2.75) is 25.9 Å². The van der Waals surface area contributed by atoms with Gasteiger partial charge in [-0.15, -0.1) is 0 Å². The van der Waals surface area contributed by atoms with Gasteiger partial charge < -0.3 is 9.88 Å². The summed E-state index contributed by atoms with van der Waals surface area (Å²) in [5, 5.41) is 2.98. The van der Waals surface area contributed by atoms with Crippen LogP contribution in [-0.2, 0) is 25.4 Å². The summed E-state index contributed by atoms with van der Waals surface area (Å²) in [7, 11) is 2.95. The van der Waals surface area contributed by atoms with Gasteiger partial charge in [-0.25, -0.2) is 9.78 Å². The lowest BCUT2D eigenvalue weighted by Gasteiger charge is -2.17. The van der Waals surface area contributed by atoms with Crippen LogP contribution in [0, 0.1) is 0 Å². The van der Waals surface area contributed by atoms with Crippen molar-refractivity contribution >= 4 is 17.1 Å². The summed E-state index contributed by atoms with van der Waals surface area (Å²) in [6.45, 7) is 1.95. The molecule has 8 heteroatoms. The van der Waals surface area contributed by atoms with Gasteiger partial charge in [0.25, 0.3) is 5.56 Å². The molecule has 1 amide bonds. The Hall–Kier alpha value is -3.16. The van der Waals surface area contributed by atoms with Gasteiger partial charge in [0.15, 0.2) is 11.2 Å². The van der Waals surface area contributed by atoms with Crippen molar-refractivity contribution in [2.24, 2.45) is 14.1 Å². The van der Waals surface area contributed by atoms with E-state index in [1.807, 2.05) is 37.3 Å². The molecule has 0 aliphatic rings. The predicted molar refractivity (Wildman–Crippen MR) is 97.8 cm³/mol. The Morgan fingerprint density at radius 2 is 1.85 bits per heavy atom. The number of nitrogens with zero attached hydrogens (tertiary/aromatic N) is 4. The molecule has 26 heavy (non-hydrogen) atoms. The molecule has 3 rings (SSSR count). The SMILES string of the molecule is CC[C@H](NC(=O)Cn1cnc2c1c(=O)n(C)c(=O)n2C)c1ccccc1. The number of fused-ring (bicyclic) bond motifs is 1. The third-order valence-electron chi connectivity index (χ3n) is 4.48. The summed E-state index contributed by atoms with van der Waals surface area (Å²) < 4.78 is 3.78. The smallest absolute Gasteiger partial charge is 0.332 e. The highest BCUT2D eigenvalue weighted by Gasteiger charge is 2.17. The van der Waals surface area contributed by atoms with E-state index in [0.29, 0.717) is 0 Å². The second-order valence-electron chi connectivity index (χ2n) is 6.19. The maximum absolute atomic E-state index is 12.5. The molecule has 0 saturated carbocycles. The lowest BCUT2D eigenvalue weighted by Crippen LogP contribution is -2.38. The van der Waals surface area contributed by atoms with E-state index in [-0.39, 0.29) is 29.7 Å². The van der Waals surface area contributed by atoms with Crippen LogP contribution in [0.15, 0.2) is 46.2 Å². The van der Waals surface area contributed by atoms with E-state index in [1.54, 1.807) is 7.05 Å². The van der Waals surface area contributed by atoms with Gasteiger partial charge >= 0.3 is 5.69 Å². The fourth-order valence-electron chi connectivity index (χ4n) is 3.02.